The summed E-state index contributed by atoms with van der Waals surface area (Å²) in [5.41, 5.74) is 1.01. The van der Waals surface area contributed by atoms with Gasteiger partial charge < -0.3 is 25.1 Å². The maximum Gasteiger partial charge on any atom is 0.312 e. The minimum atomic E-state index is -0.504. The van der Waals surface area contributed by atoms with E-state index in [1.54, 1.807) is 26.8 Å². The fourth-order valence-electron chi connectivity index (χ4n) is 6.51. The summed E-state index contributed by atoms with van der Waals surface area (Å²) in [6, 6.07) is 6.92. The fraction of sp³-hybridized carbons (Fsp3) is 0.677. The standard InChI is InChI=1S/C31H46N4O5/c1-22(2)18-26-21-33(30(39)31(40)34(26)17-15-23-11-13-27(36)14-12-23)16-7-6-10-25-19-32-28(37)29(38)35(25)20-24-8-4-3-5-9-24/h11-14,22,24-26,36H,3-10,15-21H2,1-2H3,(H,32,37)/t25-,26-/m0/s1. The smallest absolute Gasteiger partial charge is 0.312 e. The third-order valence-electron chi connectivity index (χ3n) is 8.71. The highest BCUT2D eigenvalue weighted by Crippen LogP contribution is 2.27. The second kappa shape index (κ2) is 14.0. The van der Waals surface area contributed by atoms with Crippen molar-refractivity contribution in [3.8, 4) is 5.75 Å². The molecule has 0 spiro atoms. The van der Waals surface area contributed by atoms with E-state index >= 15 is 0 Å². The molecular formula is C31H46N4O5. The second-order valence-corrected chi connectivity index (χ2v) is 12.3. The molecule has 1 aliphatic carbocycles. The van der Waals surface area contributed by atoms with Crippen LogP contribution < -0.4 is 5.32 Å². The van der Waals surface area contributed by atoms with Gasteiger partial charge in [0.05, 0.1) is 6.04 Å². The number of phenolic OH excluding ortho intramolecular Hbond substituents is 1. The first-order valence-corrected chi connectivity index (χ1v) is 15.2. The van der Waals surface area contributed by atoms with E-state index in [0.29, 0.717) is 51.0 Å². The normalized spacial score (nSPS) is 22.8. The summed E-state index contributed by atoms with van der Waals surface area (Å²) >= 11 is 0. The molecular weight excluding hydrogens is 508 g/mol. The van der Waals surface area contributed by atoms with Gasteiger partial charge in [0.15, 0.2) is 0 Å². The first-order chi connectivity index (χ1) is 19.2. The molecule has 4 amide bonds. The van der Waals surface area contributed by atoms with Crippen molar-refractivity contribution in [1.82, 2.24) is 20.0 Å². The highest BCUT2D eigenvalue weighted by atomic mass is 16.3. The molecule has 0 bridgehead atoms. The van der Waals surface area contributed by atoms with Crippen LogP contribution in [0.3, 0.4) is 0 Å². The molecule has 2 aliphatic heterocycles. The Morgan fingerprint density at radius 2 is 1.60 bits per heavy atom. The Bertz CT molecular complexity index is 1040. The van der Waals surface area contributed by atoms with E-state index in [4.69, 9.17) is 0 Å². The minimum Gasteiger partial charge on any atom is -0.508 e. The predicted octanol–water partition coefficient (Wildman–Crippen LogP) is 3.10. The molecule has 1 aromatic carbocycles. The number of nitrogens with zero attached hydrogens (tertiary/aromatic N) is 3. The molecule has 3 aliphatic rings. The zero-order valence-electron chi connectivity index (χ0n) is 24.1. The molecule has 0 radical (unpaired) electrons. The molecule has 40 heavy (non-hydrogen) atoms. The monoisotopic (exact) mass is 554 g/mol. The maximum atomic E-state index is 13.2. The second-order valence-electron chi connectivity index (χ2n) is 12.3. The Morgan fingerprint density at radius 1 is 0.875 bits per heavy atom. The summed E-state index contributed by atoms with van der Waals surface area (Å²) in [6.07, 6.45) is 9.65. The highest BCUT2D eigenvalue weighted by molar-refractivity contribution is 6.36. The van der Waals surface area contributed by atoms with Gasteiger partial charge in [0.25, 0.3) is 0 Å². The molecule has 3 fully saturated rings. The van der Waals surface area contributed by atoms with Crippen LogP contribution in [-0.2, 0) is 25.6 Å². The number of hydrogen-bond donors (Lipinski definition) is 2. The van der Waals surface area contributed by atoms with Crippen LogP contribution in [0.1, 0.15) is 77.2 Å². The third-order valence-corrected chi connectivity index (χ3v) is 8.71. The Labute approximate surface area is 238 Å². The molecule has 1 aromatic rings. The van der Waals surface area contributed by atoms with Gasteiger partial charge in [-0.05, 0) is 74.5 Å². The number of benzene rings is 1. The Kier molecular flexibility index (Phi) is 10.5. The zero-order chi connectivity index (χ0) is 28.6. The summed E-state index contributed by atoms with van der Waals surface area (Å²) in [7, 11) is 0. The topological polar surface area (TPSA) is 110 Å². The Balaban J connectivity index is 1.30. The van der Waals surface area contributed by atoms with Crippen molar-refractivity contribution in [2.75, 3.05) is 32.7 Å². The lowest BCUT2D eigenvalue weighted by Gasteiger charge is -2.41. The van der Waals surface area contributed by atoms with Gasteiger partial charge in [0, 0.05) is 38.8 Å². The van der Waals surface area contributed by atoms with Crippen molar-refractivity contribution in [3.05, 3.63) is 29.8 Å². The van der Waals surface area contributed by atoms with Gasteiger partial charge in [-0.2, -0.15) is 0 Å². The third kappa shape index (κ3) is 7.76. The molecule has 2 heterocycles. The van der Waals surface area contributed by atoms with Crippen LogP contribution in [0.5, 0.6) is 5.75 Å². The summed E-state index contributed by atoms with van der Waals surface area (Å²) in [5, 5.41) is 12.3. The van der Waals surface area contributed by atoms with E-state index in [1.807, 2.05) is 12.1 Å². The molecule has 4 rings (SSSR count). The van der Waals surface area contributed by atoms with Crippen molar-refractivity contribution >= 4 is 23.6 Å². The van der Waals surface area contributed by atoms with E-state index in [9.17, 15) is 24.3 Å². The highest BCUT2D eigenvalue weighted by Gasteiger charge is 2.39. The average Bonchev–Trinajstić information content (AvgIpc) is 2.94. The lowest BCUT2D eigenvalue weighted by Crippen LogP contribution is -2.60. The number of hydrogen-bond acceptors (Lipinski definition) is 5. The number of phenols is 1. The largest absolute Gasteiger partial charge is 0.508 e. The summed E-state index contributed by atoms with van der Waals surface area (Å²) in [4.78, 5) is 56.3. The van der Waals surface area contributed by atoms with Gasteiger partial charge in [0.1, 0.15) is 5.75 Å². The number of unbranched alkanes of at least 4 members (excludes halogenated alkanes) is 1. The molecule has 0 unspecified atom stereocenters. The van der Waals surface area contributed by atoms with Crippen LogP contribution in [0, 0.1) is 11.8 Å². The van der Waals surface area contributed by atoms with E-state index < -0.39 is 23.6 Å². The van der Waals surface area contributed by atoms with Gasteiger partial charge in [-0.1, -0.05) is 45.2 Å². The van der Waals surface area contributed by atoms with Crippen LogP contribution in [0.2, 0.25) is 0 Å². The Hall–Kier alpha value is -3.10. The molecule has 2 N–H and O–H groups in total. The molecule has 0 aromatic heterocycles. The average molecular weight is 555 g/mol. The lowest BCUT2D eigenvalue weighted by molar-refractivity contribution is -0.159. The number of carbonyl (C=O) groups excluding carboxylic acids is 4. The number of carbonyl (C=O) groups is 4. The minimum absolute atomic E-state index is 0.0186. The predicted molar refractivity (Wildman–Crippen MR) is 152 cm³/mol. The number of rotatable bonds is 12. The van der Waals surface area contributed by atoms with Crippen molar-refractivity contribution in [2.45, 2.75) is 90.1 Å². The van der Waals surface area contributed by atoms with E-state index in [0.717, 1.165) is 44.1 Å². The molecule has 2 saturated heterocycles. The first kappa shape index (κ1) is 29.9. The van der Waals surface area contributed by atoms with Crippen LogP contribution in [0.15, 0.2) is 24.3 Å². The van der Waals surface area contributed by atoms with Crippen LogP contribution in [-0.4, -0.2) is 88.2 Å². The van der Waals surface area contributed by atoms with Crippen molar-refractivity contribution in [1.29, 1.82) is 0 Å². The molecule has 2 atom stereocenters. The van der Waals surface area contributed by atoms with Crippen molar-refractivity contribution in [3.63, 3.8) is 0 Å². The summed E-state index contributed by atoms with van der Waals surface area (Å²) < 4.78 is 0. The van der Waals surface area contributed by atoms with Crippen LogP contribution >= 0.6 is 0 Å². The molecule has 9 heteroatoms. The van der Waals surface area contributed by atoms with Crippen LogP contribution in [0.25, 0.3) is 0 Å². The zero-order valence-corrected chi connectivity index (χ0v) is 24.1. The van der Waals surface area contributed by atoms with Gasteiger partial charge in [0.2, 0.25) is 0 Å². The number of nitrogens with one attached hydrogen (secondary N) is 1. The quantitative estimate of drug-likeness (QED) is 0.305. The molecule has 1 saturated carbocycles. The molecule has 9 nitrogen and oxygen atoms in total. The van der Waals surface area contributed by atoms with Gasteiger partial charge in [-0.15, -0.1) is 0 Å². The van der Waals surface area contributed by atoms with E-state index in [2.05, 4.69) is 19.2 Å². The molecule has 220 valence electrons. The number of piperazine rings is 2. The SMILES string of the molecule is CC(C)C[C@H]1CN(CCCC[C@H]2CNC(=O)C(=O)N2CC2CCCCC2)C(=O)C(=O)N1CCc1ccc(O)cc1. The van der Waals surface area contributed by atoms with Crippen molar-refractivity contribution < 1.29 is 24.3 Å². The summed E-state index contributed by atoms with van der Waals surface area (Å²) in [6.45, 7) is 6.92. The first-order valence-electron chi connectivity index (χ1n) is 15.2. The van der Waals surface area contributed by atoms with Gasteiger partial charge >= 0.3 is 23.6 Å². The van der Waals surface area contributed by atoms with Gasteiger partial charge in [-0.3, -0.25) is 19.2 Å². The summed E-state index contributed by atoms with van der Waals surface area (Å²) in [5.74, 6) is -0.730. The number of amides is 4. The van der Waals surface area contributed by atoms with Crippen LogP contribution in [0.4, 0.5) is 0 Å². The van der Waals surface area contributed by atoms with Gasteiger partial charge in [-0.25, -0.2) is 0 Å². The maximum absolute atomic E-state index is 13.2. The Morgan fingerprint density at radius 3 is 2.30 bits per heavy atom. The fourth-order valence-corrected chi connectivity index (χ4v) is 6.51. The van der Waals surface area contributed by atoms with E-state index in [1.165, 1.54) is 19.3 Å². The lowest BCUT2D eigenvalue weighted by atomic mass is 9.88. The van der Waals surface area contributed by atoms with Crippen molar-refractivity contribution in [2.24, 2.45) is 11.8 Å². The van der Waals surface area contributed by atoms with E-state index in [-0.39, 0.29) is 17.8 Å². The number of aromatic hydroxyl groups is 1.